The minimum Gasteiger partial charge on any atom is -0.310 e. The first-order valence-electron chi connectivity index (χ1n) is 8.55. The average molecular weight is 379 g/mol. The van der Waals surface area contributed by atoms with E-state index in [0.29, 0.717) is 6.54 Å². The zero-order valence-corrected chi connectivity index (χ0v) is 15.1. The SMILES string of the molecule is Cc1cccc(Cn2cccc(C(=O)NNC(=O)c3ccc(F)cc3)c2=O)c1. The van der Waals surface area contributed by atoms with Gasteiger partial charge in [0.15, 0.2) is 0 Å². The summed E-state index contributed by atoms with van der Waals surface area (Å²) in [7, 11) is 0. The first-order chi connectivity index (χ1) is 13.4. The van der Waals surface area contributed by atoms with E-state index in [1.807, 2.05) is 31.2 Å². The summed E-state index contributed by atoms with van der Waals surface area (Å²) >= 11 is 0. The van der Waals surface area contributed by atoms with Crippen LogP contribution in [0, 0.1) is 12.7 Å². The lowest BCUT2D eigenvalue weighted by atomic mass is 10.1. The van der Waals surface area contributed by atoms with Crippen molar-refractivity contribution in [2.24, 2.45) is 0 Å². The van der Waals surface area contributed by atoms with Crippen molar-refractivity contribution in [3.05, 3.63) is 105 Å². The molecular formula is C21H18FN3O3. The van der Waals surface area contributed by atoms with Crippen molar-refractivity contribution >= 4 is 11.8 Å². The smallest absolute Gasteiger partial charge is 0.275 e. The topological polar surface area (TPSA) is 80.2 Å². The van der Waals surface area contributed by atoms with Gasteiger partial charge in [0.2, 0.25) is 0 Å². The number of aryl methyl sites for hydroxylation is 1. The number of nitrogens with one attached hydrogen (secondary N) is 2. The summed E-state index contributed by atoms with van der Waals surface area (Å²) in [5.74, 6) is -1.83. The number of pyridine rings is 1. The summed E-state index contributed by atoms with van der Waals surface area (Å²) in [4.78, 5) is 36.9. The van der Waals surface area contributed by atoms with Crippen LogP contribution in [0.3, 0.4) is 0 Å². The lowest BCUT2D eigenvalue weighted by molar-refractivity contribution is 0.0845. The van der Waals surface area contributed by atoms with Crippen LogP contribution in [0.1, 0.15) is 31.8 Å². The summed E-state index contributed by atoms with van der Waals surface area (Å²) in [6.07, 6.45) is 1.60. The van der Waals surface area contributed by atoms with Gasteiger partial charge in [0.1, 0.15) is 11.4 Å². The molecule has 2 amide bonds. The van der Waals surface area contributed by atoms with E-state index in [1.54, 1.807) is 12.3 Å². The molecule has 0 aliphatic heterocycles. The minimum absolute atomic E-state index is 0.102. The second kappa shape index (κ2) is 8.30. The number of hydrogen-bond donors (Lipinski definition) is 2. The highest BCUT2D eigenvalue weighted by molar-refractivity contribution is 5.98. The van der Waals surface area contributed by atoms with E-state index in [0.717, 1.165) is 23.3 Å². The molecule has 1 heterocycles. The van der Waals surface area contributed by atoms with Crippen molar-refractivity contribution < 1.29 is 14.0 Å². The lowest BCUT2D eigenvalue weighted by Gasteiger charge is -2.10. The quantitative estimate of drug-likeness (QED) is 0.683. The van der Waals surface area contributed by atoms with Gasteiger partial charge < -0.3 is 4.57 Å². The lowest BCUT2D eigenvalue weighted by Crippen LogP contribution is -2.44. The van der Waals surface area contributed by atoms with Crippen LogP contribution in [0.25, 0.3) is 0 Å². The van der Waals surface area contributed by atoms with Gasteiger partial charge in [0.25, 0.3) is 17.4 Å². The van der Waals surface area contributed by atoms with Crippen molar-refractivity contribution in [3.63, 3.8) is 0 Å². The Morgan fingerprint density at radius 3 is 2.39 bits per heavy atom. The van der Waals surface area contributed by atoms with E-state index >= 15 is 0 Å². The third-order valence-electron chi connectivity index (χ3n) is 4.10. The molecule has 0 fully saturated rings. The Bertz CT molecular complexity index is 1070. The van der Waals surface area contributed by atoms with Gasteiger partial charge in [-0.3, -0.25) is 25.2 Å². The van der Waals surface area contributed by atoms with Crippen LogP contribution in [0.2, 0.25) is 0 Å². The fourth-order valence-electron chi connectivity index (χ4n) is 2.70. The number of hydrazine groups is 1. The van der Waals surface area contributed by atoms with Gasteiger partial charge in [-0.2, -0.15) is 0 Å². The van der Waals surface area contributed by atoms with Gasteiger partial charge in [-0.15, -0.1) is 0 Å². The number of benzene rings is 2. The van der Waals surface area contributed by atoms with Crippen LogP contribution in [0.4, 0.5) is 4.39 Å². The van der Waals surface area contributed by atoms with Gasteiger partial charge in [-0.1, -0.05) is 29.8 Å². The number of rotatable bonds is 4. The Morgan fingerprint density at radius 2 is 1.68 bits per heavy atom. The van der Waals surface area contributed by atoms with Gasteiger partial charge in [-0.25, -0.2) is 4.39 Å². The summed E-state index contributed by atoms with van der Waals surface area (Å²) in [5, 5.41) is 0. The number of amides is 2. The standard InChI is InChI=1S/C21H18FN3O3/c1-14-4-2-5-15(12-14)13-25-11-3-6-18(21(25)28)20(27)24-23-19(26)16-7-9-17(22)10-8-16/h2-12H,13H2,1H3,(H,23,26)(H,24,27). The van der Waals surface area contributed by atoms with E-state index in [2.05, 4.69) is 10.9 Å². The summed E-state index contributed by atoms with van der Waals surface area (Å²) in [6.45, 7) is 2.28. The predicted octanol–water partition coefficient (Wildman–Crippen LogP) is 2.42. The Labute approximate surface area is 160 Å². The van der Waals surface area contributed by atoms with Crippen LogP contribution in [0.15, 0.2) is 71.7 Å². The normalized spacial score (nSPS) is 10.4. The molecule has 0 aliphatic carbocycles. The Balaban J connectivity index is 1.71. The van der Waals surface area contributed by atoms with Gasteiger partial charge >= 0.3 is 0 Å². The second-order valence-corrected chi connectivity index (χ2v) is 6.26. The maximum absolute atomic E-state index is 12.9. The second-order valence-electron chi connectivity index (χ2n) is 6.26. The maximum atomic E-state index is 12.9. The molecule has 0 unspecified atom stereocenters. The van der Waals surface area contributed by atoms with E-state index in [9.17, 15) is 18.8 Å². The molecule has 7 heteroatoms. The summed E-state index contributed by atoms with van der Waals surface area (Å²) < 4.78 is 14.3. The zero-order chi connectivity index (χ0) is 20.1. The fraction of sp³-hybridized carbons (Fsp3) is 0.0952. The monoisotopic (exact) mass is 379 g/mol. The number of carbonyl (C=O) groups excluding carboxylic acids is 2. The molecule has 0 atom stereocenters. The Morgan fingerprint density at radius 1 is 0.964 bits per heavy atom. The third kappa shape index (κ3) is 4.50. The number of carbonyl (C=O) groups is 2. The van der Waals surface area contributed by atoms with E-state index < -0.39 is 23.2 Å². The molecule has 0 saturated heterocycles. The highest BCUT2D eigenvalue weighted by atomic mass is 19.1. The third-order valence-corrected chi connectivity index (χ3v) is 4.10. The highest BCUT2D eigenvalue weighted by Gasteiger charge is 2.14. The van der Waals surface area contributed by atoms with Crippen molar-refractivity contribution in [1.82, 2.24) is 15.4 Å². The van der Waals surface area contributed by atoms with Crippen LogP contribution >= 0.6 is 0 Å². The molecule has 3 aromatic rings. The molecule has 0 radical (unpaired) electrons. The van der Waals surface area contributed by atoms with Gasteiger partial charge in [0.05, 0.1) is 6.54 Å². The number of halogens is 1. The zero-order valence-electron chi connectivity index (χ0n) is 15.1. The summed E-state index contributed by atoms with van der Waals surface area (Å²) in [6, 6.07) is 15.5. The Kier molecular flexibility index (Phi) is 5.64. The van der Waals surface area contributed by atoms with E-state index in [1.165, 1.54) is 22.8 Å². The number of hydrogen-bond acceptors (Lipinski definition) is 3. The molecule has 0 bridgehead atoms. The predicted molar refractivity (Wildman–Crippen MR) is 102 cm³/mol. The molecule has 2 aromatic carbocycles. The van der Waals surface area contributed by atoms with Crippen molar-refractivity contribution in [3.8, 4) is 0 Å². The maximum Gasteiger partial charge on any atom is 0.275 e. The molecular weight excluding hydrogens is 361 g/mol. The van der Waals surface area contributed by atoms with E-state index in [-0.39, 0.29) is 11.1 Å². The van der Waals surface area contributed by atoms with Gasteiger partial charge in [-0.05, 0) is 48.9 Å². The van der Waals surface area contributed by atoms with Crippen molar-refractivity contribution in [1.29, 1.82) is 0 Å². The highest BCUT2D eigenvalue weighted by Crippen LogP contribution is 2.06. The van der Waals surface area contributed by atoms with Gasteiger partial charge in [0, 0.05) is 11.8 Å². The number of aromatic nitrogens is 1. The molecule has 0 saturated carbocycles. The molecule has 28 heavy (non-hydrogen) atoms. The first kappa shape index (κ1) is 19.0. The molecule has 3 rings (SSSR count). The minimum atomic E-state index is -0.737. The average Bonchev–Trinajstić information content (AvgIpc) is 2.68. The van der Waals surface area contributed by atoms with Crippen molar-refractivity contribution in [2.75, 3.05) is 0 Å². The van der Waals surface area contributed by atoms with Crippen LogP contribution in [-0.4, -0.2) is 16.4 Å². The summed E-state index contributed by atoms with van der Waals surface area (Å²) in [5.41, 5.74) is 6.02. The molecule has 1 aromatic heterocycles. The molecule has 2 N–H and O–H groups in total. The largest absolute Gasteiger partial charge is 0.310 e. The molecule has 142 valence electrons. The fourth-order valence-corrected chi connectivity index (χ4v) is 2.70. The molecule has 0 aliphatic rings. The van der Waals surface area contributed by atoms with E-state index in [4.69, 9.17) is 0 Å². The first-order valence-corrected chi connectivity index (χ1v) is 8.55. The van der Waals surface area contributed by atoms with Crippen LogP contribution in [0.5, 0.6) is 0 Å². The van der Waals surface area contributed by atoms with Crippen molar-refractivity contribution in [2.45, 2.75) is 13.5 Å². The molecule has 0 spiro atoms. The van der Waals surface area contributed by atoms with Crippen LogP contribution in [-0.2, 0) is 6.54 Å². The molecule has 6 nitrogen and oxygen atoms in total. The van der Waals surface area contributed by atoms with Crippen LogP contribution < -0.4 is 16.4 Å². The Hall–Kier alpha value is -3.74. The number of nitrogens with zero attached hydrogens (tertiary/aromatic N) is 1.